The molecular formula is C19H38NO2-. The maximum Gasteiger partial charge on any atom is 0.134 e. The molecule has 0 saturated carbocycles. The van der Waals surface area contributed by atoms with E-state index in [1.54, 1.807) is 0 Å². The van der Waals surface area contributed by atoms with Crippen LogP contribution < -0.4 is 10.4 Å². The van der Waals surface area contributed by atoms with Crippen molar-refractivity contribution < 1.29 is 9.90 Å². The minimum atomic E-state index is -1.15. The highest BCUT2D eigenvalue weighted by atomic mass is 16.4. The highest BCUT2D eigenvalue weighted by Crippen LogP contribution is 2.13. The van der Waals surface area contributed by atoms with Gasteiger partial charge < -0.3 is 15.2 Å². The van der Waals surface area contributed by atoms with Crippen LogP contribution in [0.2, 0.25) is 0 Å². The predicted octanol–water partition coefficient (Wildman–Crippen LogP) is 5.18. The van der Waals surface area contributed by atoms with Crippen LogP contribution in [0.5, 0.6) is 0 Å². The molecule has 0 aliphatic heterocycles. The van der Waals surface area contributed by atoms with Crippen LogP contribution in [-0.2, 0) is 0 Å². The fourth-order valence-corrected chi connectivity index (χ4v) is 2.86. The molecule has 0 fully saturated rings. The van der Waals surface area contributed by atoms with Gasteiger partial charge in [0.15, 0.2) is 0 Å². The van der Waals surface area contributed by atoms with Gasteiger partial charge in [0.1, 0.15) is 6.09 Å². The van der Waals surface area contributed by atoms with Gasteiger partial charge in [-0.1, -0.05) is 103 Å². The third-order valence-corrected chi connectivity index (χ3v) is 4.30. The Morgan fingerprint density at radius 1 is 0.636 bits per heavy atom. The predicted molar refractivity (Wildman–Crippen MR) is 92.9 cm³/mol. The quantitative estimate of drug-likeness (QED) is 0.376. The van der Waals surface area contributed by atoms with Gasteiger partial charge in [-0.3, -0.25) is 0 Å². The molecular weight excluding hydrogens is 274 g/mol. The standard InChI is InChI=1S/C19H39NO2/c1-2-3-4-5-6-7-8-9-10-11-12-13-14-15-16-17-18-20-19(21)22/h20H,2-18H2,1H3,(H,21,22)/p-1. The summed E-state index contributed by atoms with van der Waals surface area (Å²) < 4.78 is 0. The monoisotopic (exact) mass is 312 g/mol. The van der Waals surface area contributed by atoms with Crippen molar-refractivity contribution in [2.24, 2.45) is 0 Å². The van der Waals surface area contributed by atoms with E-state index in [1.807, 2.05) is 0 Å². The number of carbonyl (C=O) groups is 1. The van der Waals surface area contributed by atoms with Crippen LogP contribution in [0.1, 0.15) is 110 Å². The Morgan fingerprint density at radius 2 is 0.955 bits per heavy atom. The lowest BCUT2D eigenvalue weighted by Crippen LogP contribution is -2.36. The number of nitrogens with one attached hydrogen (secondary N) is 1. The highest BCUT2D eigenvalue weighted by Gasteiger charge is 1.94. The molecule has 22 heavy (non-hydrogen) atoms. The molecule has 3 nitrogen and oxygen atoms in total. The number of carbonyl (C=O) groups excluding carboxylic acids is 1. The number of hydrogen-bond donors (Lipinski definition) is 1. The minimum absolute atomic E-state index is 0.542. The Morgan fingerprint density at radius 3 is 1.27 bits per heavy atom. The van der Waals surface area contributed by atoms with Gasteiger partial charge in [-0.15, -0.1) is 0 Å². The van der Waals surface area contributed by atoms with E-state index >= 15 is 0 Å². The van der Waals surface area contributed by atoms with E-state index in [0.29, 0.717) is 6.54 Å². The number of carboxylic acid groups (broad SMARTS) is 1. The van der Waals surface area contributed by atoms with Gasteiger partial charge >= 0.3 is 0 Å². The summed E-state index contributed by atoms with van der Waals surface area (Å²) in [5.41, 5.74) is 0. The maximum absolute atomic E-state index is 10.1. The number of hydrogen-bond acceptors (Lipinski definition) is 2. The van der Waals surface area contributed by atoms with E-state index in [1.165, 1.54) is 89.9 Å². The van der Waals surface area contributed by atoms with Crippen molar-refractivity contribution in [1.29, 1.82) is 0 Å². The summed E-state index contributed by atoms with van der Waals surface area (Å²) in [6.07, 6.45) is 20.3. The molecule has 0 saturated heterocycles. The first-order valence-corrected chi connectivity index (χ1v) is 9.72. The van der Waals surface area contributed by atoms with Crippen LogP contribution in [0.4, 0.5) is 4.79 Å². The first-order chi connectivity index (χ1) is 10.8. The Bertz CT molecular complexity index is 231. The average molecular weight is 313 g/mol. The zero-order valence-corrected chi connectivity index (χ0v) is 14.8. The molecule has 0 radical (unpaired) electrons. The van der Waals surface area contributed by atoms with Gasteiger partial charge in [-0.05, 0) is 6.42 Å². The summed E-state index contributed by atoms with van der Waals surface area (Å²) in [6.45, 7) is 2.81. The van der Waals surface area contributed by atoms with Crippen LogP contribution in [-0.4, -0.2) is 12.6 Å². The topological polar surface area (TPSA) is 52.2 Å². The molecule has 132 valence electrons. The molecule has 0 aliphatic rings. The third-order valence-electron chi connectivity index (χ3n) is 4.30. The first kappa shape index (κ1) is 21.3. The summed E-state index contributed by atoms with van der Waals surface area (Å²) in [5.74, 6) is 0. The maximum atomic E-state index is 10.1. The van der Waals surface area contributed by atoms with Crippen molar-refractivity contribution in [3.8, 4) is 0 Å². The van der Waals surface area contributed by atoms with Gasteiger partial charge in [0, 0.05) is 6.54 Å². The molecule has 0 spiro atoms. The average Bonchev–Trinajstić information content (AvgIpc) is 2.50. The zero-order chi connectivity index (χ0) is 16.3. The Kier molecular flexibility index (Phi) is 17.7. The first-order valence-electron chi connectivity index (χ1n) is 9.72. The van der Waals surface area contributed by atoms with E-state index in [2.05, 4.69) is 12.2 Å². The third kappa shape index (κ3) is 19.3. The molecule has 0 heterocycles. The highest BCUT2D eigenvalue weighted by molar-refractivity contribution is 5.61. The second-order valence-electron chi connectivity index (χ2n) is 6.52. The van der Waals surface area contributed by atoms with Crippen molar-refractivity contribution >= 4 is 6.09 Å². The van der Waals surface area contributed by atoms with Crippen molar-refractivity contribution in [2.75, 3.05) is 6.54 Å². The van der Waals surface area contributed by atoms with Gasteiger partial charge in [-0.2, -0.15) is 0 Å². The summed E-state index contributed by atoms with van der Waals surface area (Å²) in [4.78, 5) is 10.1. The summed E-state index contributed by atoms with van der Waals surface area (Å²) in [5, 5.41) is 12.4. The van der Waals surface area contributed by atoms with Gasteiger partial charge in [0.25, 0.3) is 0 Å². The molecule has 0 aromatic carbocycles. The normalized spacial score (nSPS) is 10.8. The van der Waals surface area contributed by atoms with Crippen molar-refractivity contribution in [2.45, 2.75) is 110 Å². The molecule has 0 aromatic heterocycles. The Hall–Kier alpha value is -0.730. The fraction of sp³-hybridized carbons (Fsp3) is 0.947. The molecule has 3 heteroatoms. The lowest BCUT2D eigenvalue weighted by molar-refractivity contribution is -0.250. The van der Waals surface area contributed by atoms with Crippen molar-refractivity contribution in [3.05, 3.63) is 0 Å². The number of amides is 1. The molecule has 0 aliphatic carbocycles. The Balaban J connectivity index is 2.95. The van der Waals surface area contributed by atoms with E-state index in [9.17, 15) is 9.90 Å². The Labute approximate surface area is 138 Å². The largest absolute Gasteiger partial charge is 0.530 e. The molecule has 0 aromatic rings. The zero-order valence-electron chi connectivity index (χ0n) is 14.8. The van der Waals surface area contributed by atoms with Gasteiger partial charge in [0.2, 0.25) is 0 Å². The lowest BCUT2D eigenvalue weighted by Gasteiger charge is -2.06. The second-order valence-corrected chi connectivity index (χ2v) is 6.52. The van der Waals surface area contributed by atoms with Crippen LogP contribution in [0, 0.1) is 0 Å². The minimum Gasteiger partial charge on any atom is -0.530 e. The second kappa shape index (κ2) is 18.3. The molecule has 1 amide bonds. The van der Waals surface area contributed by atoms with Crippen LogP contribution in [0.15, 0.2) is 0 Å². The van der Waals surface area contributed by atoms with E-state index in [-0.39, 0.29) is 0 Å². The van der Waals surface area contributed by atoms with Crippen molar-refractivity contribution in [3.63, 3.8) is 0 Å². The van der Waals surface area contributed by atoms with Crippen LogP contribution >= 0.6 is 0 Å². The summed E-state index contributed by atoms with van der Waals surface area (Å²) in [7, 11) is 0. The van der Waals surface area contributed by atoms with E-state index in [4.69, 9.17) is 0 Å². The van der Waals surface area contributed by atoms with E-state index in [0.717, 1.165) is 12.8 Å². The van der Waals surface area contributed by atoms with Crippen LogP contribution in [0.25, 0.3) is 0 Å². The SMILES string of the molecule is CCCCCCCCCCCCCCCCCCNC(=O)[O-]. The lowest BCUT2D eigenvalue weighted by atomic mass is 10.0. The van der Waals surface area contributed by atoms with Crippen molar-refractivity contribution in [1.82, 2.24) is 5.32 Å². The van der Waals surface area contributed by atoms with E-state index < -0.39 is 6.09 Å². The van der Waals surface area contributed by atoms with Crippen LogP contribution in [0.3, 0.4) is 0 Å². The summed E-state index contributed by atoms with van der Waals surface area (Å²) >= 11 is 0. The molecule has 0 bridgehead atoms. The van der Waals surface area contributed by atoms with Gasteiger partial charge in [-0.25, -0.2) is 0 Å². The molecule has 0 atom stereocenters. The summed E-state index contributed by atoms with van der Waals surface area (Å²) in [6, 6.07) is 0. The smallest absolute Gasteiger partial charge is 0.134 e. The fourth-order valence-electron chi connectivity index (χ4n) is 2.86. The molecule has 1 N–H and O–H groups in total. The molecule has 0 rings (SSSR count). The molecule has 0 unspecified atom stereocenters. The number of unbranched alkanes of at least 4 members (excludes halogenated alkanes) is 15. The van der Waals surface area contributed by atoms with Gasteiger partial charge in [0.05, 0.1) is 0 Å². The number of rotatable bonds is 17.